The minimum absolute atomic E-state index is 0.584. The zero-order valence-corrected chi connectivity index (χ0v) is 8.78. The minimum atomic E-state index is 0.584. The Hall–Kier alpha value is -0.850. The average Bonchev–Trinajstić information content (AvgIpc) is 2.21. The van der Waals surface area contributed by atoms with E-state index in [0.29, 0.717) is 6.54 Å². The predicted octanol–water partition coefficient (Wildman–Crippen LogP) is 1.09. The van der Waals surface area contributed by atoms with Crippen molar-refractivity contribution in [3.8, 4) is 6.07 Å². The molecule has 3 nitrogen and oxygen atoms in total. The van der Waals surface area contributed by atoms with Crippen molar-refractivity contribution < 1.29 is 0 Å². The Kier molecular flexibility index (Phi) is 5.28. The Balaban J connectivity index is 2.10. The Morgan fingerprint density at radius 2 is 1.86 bits per heavy atom. The van der Waals surface area contributed by atoms with Gasteiger partial charge >= 0.3 is 0 Å². The highest BCUT2D eigenvalue weighted by molar-refractivity contribution is 4.81. The Labute approximate surface area is 86.6 Å². The molecule has 0 spiro atoms. The van der Waals surface area contributed by atoms with Gasteiger partial charge in [-0.25, -0.2) is 0 Å². The SMILES string of the molecule is C=CCCCN1CCN(CC#N)CC1. The molecule has 0 saturated carbocycles. The number of nitriles is 1. The average molecular weight is 193 g/mol. The second-order valence-corrected chi connectivity index (χ2v) is 3.71. The van der Waals surface area contributed by atoms with E-state index in [0.717, 1.165) is 32.6 Å². The van der Waals surface area contributed by atoms with Crippen LogP contribution in [0.3, 0.4) is 0 Å². The molecule has 1 aliphatic heterocycles. The first kappa shape index (κ1) is 11.2. The monoisotopic (exact) mass is 193 g/mol. The molecule has 1 saturated heterocycles. The van der Waals surface area contributed by atoms with Gasteiger partial charge in [0.05, 0.1) is 12.6 Å². The van der Waals surface area contributed by atoms with Crippen molar-refractivity contribution in [1.29, 1.82) is 5.26 Å². The number of hydrogen-bond donors (Lipinski definition) is 0. The van der Waals surface area contributed by atoms with Gasteiger partial charge in [0, 0.05) is 26.2 Å². The van der Waals surface area contributed by atoms with Crippen molar-refractivity contribution in [2.24, 2.45) is 0 Å². The van der Waals surface area contributed by atoms with Gasteiger partial charge < -0.3 is 4.90 Å². The Morgan fingerprint density at radius 1 is 1.21 bits per heavy atom. The number of hydrogen-bond acceptors (Lipinski definition) is 3. The maximum absolute atomic E-state index is 8.54. The first-order chi connectivity index (χ1) is 6.86. The third-order valence-electron chi connectivity index (χ3n) is 2.64. The molecule has 0 aromatic heterocycles. The summed E-state index contributed by atoms with van der Waals surface area (Å²) in [4.78, 5) is 4.68. The third-order valence-corrected chi connectivity index (χ3v) is 2.64. The van der Waals surface area contributed by atoms with Crippen molar-refractivity contribution in [2.75, 3.05) is 39.3 Å². The van der Waals surface area contributed by atoms with Gasteiger partial charge in [-0.1, -0.05) is 6.08 Å². The first-order valence-corrected chi connectivity index (χ1v) is 5.29. The number of nitrogens with zero attached hydrogens (tertiary/aromatic N) is 3. The van der Waals surface area contributed by atoms with Crippen LogP contribution in [0.15, 0.2) is 12.7 Å². The third kappa shape index (κ3) is 3.91. The van der Waals surface area contributed by atoms with Crippen molar-refractivity contribution in [2.45, 2.75) is 12.8 Å². The molecule has 0 radical (unpaired) electrons. The number of piperazine rings is 1. The van der Waals surface area contributed by atoms with Gasteiger partial charge in [-0.2, -0.15) is 5.26 Å². The smallest absolute Gasteiger partial charge is 0.0866 e. The molecule has 1 rings (SSSR count). The molecule has 0 amide bonds. The van der Waals surface area contributed by atoms with Crippen LogP contribution in [0.5, 0.6) is 0 Å². The van der Waals surface area contributed by atoms with Crippen LogP contribution in [0.25, 0.3) is 0 Å². The fraction of sp³-hybridized carbons (Fsp3) is 0.727. The van der Waals surface area contributed by atoms with Crippen LogP contribution in [0.1, 0.15) is 12.8 Å². The standard InChI is InChI=1S/C11H19N3/c1-2-3-4-6-13-8-10-14(7-5-12)11-9-13/h2H,1,3-4,6-11H2. The van der Waals surface area contributed by atoms with Gasteiger partial charge in [0.2, 0.25) is 0 Å². The molecule has 0 bridgehead atoms. The normalized spacial score (nSPS) is 19.1. The first-order valence-electron chi connectivity index (χ1n) is 5.29. The highest BCUT2D eigenvalue weighted by Crippen LogP contribution is 2.02. The predicted molar refractivity (Wildman–Crippen MR) is 57.9 cm³/mol. The highest BCUT2D eigenvalue weighted by Gasteiger charge is 2.15. The lowest BCUT2D eigenvalue weighted by Gasteiger charge is -2.33. The molecule has 0 aromatic carbocycles. The van der Waals surface area contributed by atoms with Gasteiger partial charge in [-0.05, 0) is 19.4 Å². The summed E-state index contributed by atoms with van der Waals surface area (Å²) in [5.74, 6) is 0. The maximum atomic E-state index is 8.54. The summed E-state index contributed by atoms with van der Waals surface area (Å²) in [6, 6.07) is 2.20. The van der Waals surface area contributed by atoms with E-state index in [2.05, 4.69) is 22.4 Å². The molecule has 0 aromatic rings. The Bertz CT molecular complexity index is 199. The van der Waals surface area contributed by atoms with Crippen LogP contribution in [0, 0.1) is 11.3 Å². The van der Waals surface area contributed by atoms with Gasteiger partial charge in [0.25, 0.3) is 0 Å². The van der Waals surface area contributed by atoms with E-state index in [1.165, 1.54) is 13.0 Å². The molecule has 1 heterocycles. The van der Waals surface area contributed by atoms with Crippen LogP contribution >= 0.6 is 0 Å². The molecule has 78 valence electrons. The highest BCUT2D eigenvalue weighted by atomic mass is 15.3. The van der Waals surface area contributed by atoms with Crippen LogP contribution in [0.2, 0.25) is 0 Å². The van der Waals surface area contributed by atoms with E-state index >= 15 is 0 Å². The van der Waals surface area contributed by atoms with Gasteiger partial charge in [-0.3, -0.25) is 4.90 Å². The molecule has 0 aliphatic carbocycles. The van der Waals surface area contributed by atoms with Crippen molar-refractivity contribution in [1.82, 2.24) is 9.80 Å². The van der Waals surface area contributed by atoms with Crippen LogP contribution in [0.4, 0.5) is 0 Å². The van der Waals surface area contributed by atoms with Crippen molar-refractivity contribution in [3.05, 3.63) is 12.7 Å². The van der Waals surface area contributed by atoms with Crippen molar-refractivity contribution in [3.63, 3.8) is 0 Å². The zero-order chi connectivity index (χ0) is 10.2. The largest absolute Gasteiger partial charge is 0.301 e. The summed E-state index contributed by atoms with van der Waals surface area (Å²) < 4.78 is 0. The number of unbranched alkanes of at least 4 members (excludes halogenated alkanes) is 1. The molecule has 14 heavy (non-hydrogen) atoms. The maximum Gasteiger partial charge on any atom is 0.0866 e. The topological polar surface area (TPSA) is 30.3 Å². The summed E-state index contributed by atoms with van der Waals surface area (Å²) in [6.45, 7) is 9.78. The van der Waals surface area contributed by atoms with E-state index in [-0.39, 0.29) is 0 Å². The minimum Gasteiger partial charge on any atom is -0.301 e. The molecule has 0 unspecified atom stereocenters. The van der Waals surface area contributed by atoms with Crippen LogP contribution in [-0.4, -0.2) is 49.1 Å². The summed E-state index contributed by atoms with van der Waals surface area (Å²) in [6.07, 6.45) is 4.30. The Morgan fingerprint density at radius 3 is 2.43 bits per heavy atom. The molecular weight excluding hydrogens is 174 g/mol. The van der Waals surface area contributed by atoms with Crippen LogP contribution in [-0.2, 0) is 0 Å². The van der Waals surface area contributed by atoms with Crippen molar-refractivity contribution >= 4 is 0 Å². The van der Waals surface area contributed by atoms with E-state index in [1.807, 2.05) is 6.08 Å². The number of allylic oxidation sites excluding steroid dienone is 1. The lowest BCUT2D eigenvalue weighted by molar-refractivity contribution is 0.143. The molecule has 3 heteroatoms. The molecule has 1 aliphatic rings. The zero-order valence-electron chi connectivity index (χ0n) is 8.78. The summed E-state index contributed by atoms with van der Waals surface area (Å²) >= 11 is 0. The quantitative estimate of drug-likeness (QED) is 0.372. The lowest BCUT2D eigenvalue weighted by Crippen LogP contribution is -2.46. The van der Waals surface area contributed by atoms with E-state index in [1.54, 1.807) is 0 Å². The fourth-order valence-corrected chi connectivity index (χ4v) is 1.73. The summed E-state index contributed by atoms with van der Waals surface area (Å²) in [5.41, 5.74) is 0. The van der Waals surface area contributed by atoms with E-state index in [9.17, 15) is 0 Å². The lowest BCUT2D eigenvalue weighted by atomic mass is 10.2. The molecule has 1 fully saturated rings. The van der Waals surface area contributed by atoms with Crippen LogP contribution < -0.4 is 0 Å². The van der Waals surface area contributed by atoms with Gasteiger partial charge in [0.1, 0.15) is 0 Å². The molecule has 0 N–H and O–H groups in total. The van der Waals surface area contributed by atoms with E-state index in [4.69, 9.17) is 5.26 Å². The summed E-state index contributed by atoms with van der Waals surface area (Å²) in [7, 11) is 0. The number of rotatable bonds is 5. The second-order valence-electron chi connectivity index (χ2n) is 3.71. The van der Waals surface area contributed by atoms with Gasteiger partial charge in [0.15, 0.2) is 0 Å². The summed E-state index contributed by atoms with van der Waals surface area (Å²) in [5, 5.41) is 8.54. The fourth-order valence-electron chi connectivity index (χ4n) is 1.73. The molecular formula is C11H19N3. The second kappa shape index (κ2) is 6.58. The van der Waals surface area contributed by atoms with E-state index < -0.39 is 0 Å². The van der Waals surface area contributed by atoms with Gasteiger partial charge in [-0.15, -0.1) is 6.58 Å². The molecule has 0 atom stereocenters.